The highest BCUT2D eigenvalue weighted by Gasteiger charge is 2.60. The third kappa shape index (κ3) is 5.54. The molecule has 36 heavy (non-hydrogen) atoms. The fraction of sp³-hybridized carbons (Fsp3) is 0.966. The standard InChI is InChI=1S/C29H51NO5S/c1-18(2)26(17-36(33,34)35)30-27(32)11-6-19(3)23-9-10-24-22-8-7-20-16-21(31)12-14-28(20,4)25(22)13-15-29(23,24)5/h18-26,31H,6-17H2,1-5H3,(H,30,32)(H,33,34,35)/p-1/t19-,20-,21-,22+,23-,24+,25+,26-,28+,29-/m1/s1. The molecule has 0 unspecified atom stereocenters. The number of aliphatic hydroxyl groups excluding tert-OH is 1. The van der Waals surface area contributed by atoms with Crippen LogP contribution in [0.25, 0.3) is 0 Å². The van der Waals surface area contributed by atoms with E-state index in [2.05, 4.69) is 26.1 Å². The van der Waals surface area contributed by atoms with Gasteiger partial charge in [-0.15, -0.1) is 0 Å². The van der Waals surface area contributed by atoms with Crippen molar-refractivity contribution in [1.82, 2.24) is 5.32 Å². The number of hydrogen-bond donors (Lipinski definition) is 2. The van der Waals surface area contributed by atoms with Crippen molar-refractivity contribution in [2.75, 3.05) is 5.75 Å². The Kier molecular flexibility index (Phi) is 8.26. The zero-order chi connectivity index (χ0) is 26.5. The summed E-state index contributed by atoms with van der Waals surface area (Å²) in [5.41, 5.74) is 0.737. The summed E-state index contributed by atoms with van der Waals surface area (Å²) >= 11 is 0. The molecule has 0 bridgehead atoms. The monoisotopic (exact) mass is 524 g/mol. The average molecular weight is 525 g/mol. The van der Waals surface area contributed by atoms with Gasteiger partial charge in [0.05, 0.1) is 22.0 Å². The summed E-state index contributed by atoms with van der Waals surface area (Å²) in [6, 6.07) is -0.628. The summed E-state index contributed by atoms with van der Waals surface area (Å²) < 4.78 is 33.7. The van der Waals surface area contributed by atoms with Crippen LogP contribution >= 0.6 is 0 Å². The smallest absolute Gasteiger partial charge is 0.220 e. The Morgan fingerprint density at radius 2 is 1.67 bits per heavy atom. The summed E-state index contributed by atoms with van der Waals surface area (Å²) in [5, 5.41) is 13.1. The number of fused-ring (bicyclic) bond motifs is 5. The van der Waals surface area contributed by atoms with E-state index in [1.807, 2.05) is 13.8 Å². The van der Waals surface area contributed by atoms with Crippen LogP contribution in [-0.2, 0) is 14.9 Å². The van der Waals surface area contributed by atoms with Gasteiger partial charge in [0.1, 0.15) is 0 Å². The van der Waals surface area contributed by atoms with E-state index >= 15 is 0 Å². The van der Waals surface area contributed by atoms with Gasteiger partial charge in [0, 0.05) is 12.5 Å². The molecule has 6 nitrogen and oxygen atoms in total. The van der Waals surface area contributed by atoms with E-state index in [1.54, 1.807) is 0 Å². The van der Waals surface area contributed by atoms with E-state index in [-0.39, 0.29) is 17.9 Å². The van der Waals surface area contributed by atoms with Crippen LogP contribution in [0.15, 0.2) is 0 Å². The number of aliphatic hydroxyl groups is 1. The maximum Gasteiger partial charge on any atom is 0.220 e. The normalized spacial score (nSPS) is 42.2. The van der Waals surface area contributed by atoms with Crippen molar-refractivity contribution in [3.05, 3.63) is 0 Å². The second kappa shape index (κ2) is 10.5. The molecule has 2 N–H and O–H groups in total. The molecule has 10 atom stereocenters. The van der Waals surface area contributed by atoms with Crippen molar-refractivity contribution in [3.8, 4) is 0 Å². The van der Waals surface area contributed by atoms with Crippen LogP contribution in [0.5, 0.6) is 0 Å². The zero-order valence-electron chi connectivity index (χ0n) is 23.2. The molecule has 1 amide bonds. The van der Waals surface area contributed by atoms with E-state index in [4.69, 9.17) is 0 Å². The quantitative estimate of drug-likeness (QED) is 0.429. The first-order valence-electron chi connectivity index (χ1n) is 14.7. The Balaban J connectivity index is 1.36. The van der Waals surface area contributed by atoms with Crippen molar-refractivity contribution < 1.29 is 22.9 Å². The molecule has 0 radical (unpaired) electrons. The van der Waals surface area contributed by atoms with Gasteiger partial charge in [-0.05, 0) is 116 Å². The van der Waals surface area contributed by atoms with Gasteiger partial charge in [-0.25, -0.2) is 8.42 Å². The van der Waals surface area contributed by atoms with Crippen LogP contribution in [-0.4, -0.2) is 41.9 Å². The second-order valence-corrected chi connectivity index (χ2v) is 15.4. The van der Waals surface area contributed by atoms with E-state index in [0.717, 1.165) is 37.0 Å². The molecule has 4 saturated carbocycles. The molecule has 0 aromatic carbocycles. The second-order valence-electron chi connectivity index (χ2n) is 14.0. The van der Waals surface area contributed by atoms with Gasteiger partial charge in [-0.1, -0.05) is 34.6 Å². The maximum atomic E-state index is 12.7. The molecule has 4 fully saturated rings. The molecule has 208 valence electrons. The van der Waals surface area contributed by atoms with Crippen LogP contribution in [0, 0.1) is 52.3 Å². The van der Waals surface area contributed by atoms with Crippen LogP contribution in [0.3, 0.4) is 0 Å². The summed E-state index contributed by atoms with van der Waals surface area (Å²) in [5.74, 6) is 3.34. The van der Waals surface area contributed by atoms with Gasteiger partial charge in [0.25, 0.3) is 0 Å². The van der Waals surface area contributed by atoms with Gasteiger partial charge < -0.3 is 15.0 Å². The van der Waals surface area contributed by atoms with Crippen molar-refractivity contribution in [3.63, 3.8) is 0 Å². The molecule has 0 aromatic rings. The third-order valence-electron chi connectivity index (χ3n) is 11.8. The highest BCUT2D eigenvalue weighted by Crippen LogP contribution is 2.68. The molecule has 4 aliphatic rings. The van der Waals surface area contributed by atoms with E-state index in [0.29, 0.717) is 35.0 Å². The number of hydrogen-bond acceptors (Lipinski definition) is 5. The Hall–Kier alpha value is -0.660. The fourth-order valence-corrected chi connectivity index (χ4v) is 10.6. The average Bonchev–Trinajstić information content (AvgIpc) is 3.14. The first-order valence-corrected chi connectivity index (χ1v) is 16.2. The van der Waals surface area contributed by atoms with Crippen molar-refractivity contribution in [2.45, 2.75) is 117 Å². The molecule has 0 aromatic heterocycles. The molecule has 7 heteroatoms. The van der Waals surface area contributed by atoms with Gasteiger partial charge in [-0.3, -0.25) is 4.79 Å². The molecular weight excluding hydrogens is 474 g/mol. The maximum absolute atomic E-state index is 12.7. The largest absolute Gasteiger partial charge is 0.748 e. The zero-order valence-corrected chi connectivity index (χ0v) is 24.0. The minimum atomic E-state index is -4.38. The SMILES string of the molecule is CC(C)[C@@H](CS(=O)(=O)[O-])NC(=O)CC[C@@H](C)[C@H]1CC[C@H]2[C@@H]3CC[C@@H]4C[C@H](O)CC[C@]4(C)[C@H]3CC[C@]12C. The Bertz CT molecular complexity index is 905. The molecule has 0 spiro atoms. The lowest BCUT2D eigenvalue weighted by Gasteiger charge is -2.61. The summed E-state index contributed by atoms with van der Waals surface area (Å²) in [6.07, 6.45) is 12.0. The fourth-order valence-electron chi connectivity index (χ4n) is 9.67. The number of nitrogens with one attached hydrogen (secondary N) is 1. The molecular formula is C29H50NO5S-. The minimum Gasteiger partial charge on any atom is -0.748 e. The number of carbonyl (C=O) groups excluding carboxylic acids is 1. The minimum absolute atomic E-state index is 0.0945. The molecule has 0 heterocycles. The van der Waals surface area contributed by atoms with Gasteiger partial charge in [0.2, 0.25) is 5.91 Å². The van der Waals surface area contributed by atoms with Crippen molar-refractivity contribution in [2.24, 2.45) is 52.3 Å². The summed E-state index contributed by atoms with van der Waals surface area (Å²) in [4.78, 5) is 12.7. The Morgan fingerprint density at radius 3 is 2.33 bits per heavy atom. The van der Waals surface area contributed by atoms with Crippen molar-refractivity contribution >= 4 is 16.0 Å². The molecule has 0 saturated heterocycles. The van der Waals surface area contributed by atoms with Gasteiger partial charge >= 0.3 is 0 Å². The van der Waals surface area contributed by atoms with E-state index in [9.17, 15) is 22.9 Å². The summed E-state index contributed by atoms with van der Waals surface area (Å²) in [7, 11) is -4.38. The molecule has 4 aliphatic carbocycles. The number of rotatable bonds is 8. The lowest BCUT2D eigenvalue weighted by atomic mass is 9.44. The van der Waals surface area contributed by atoms with Crippen LogP contribution in [0.4, 0.5) is 0 Å². The topological polar surface area (TPSA) is 107 Å². The Labute approximate surface area is 219 Å². The third-order valence-corrected chi connectivity index (χ3v) is 12.5. The highest BCUT2D eigenvalue weighted by molar-refractivity contribution is 7.85. The molecule has 0 aliphatic heterocycles. The summed E-state index contributed by atoms with van der Waals surface area (Å²) in [6.45, 7) is 11.0. The van der Waals surface area contributed by atoms with Crippen molar-refractivity contribution in [1.29, 1.82) is 0 Å². The van der Waals surface area contributed by atoms with Crippen LogP contribution in [0.1, 0.15) is 105 Å². The van der Waals surface area contributed by atoms with Gasteiger partial charge in [-0.2, -0.15) is 0 Å². The lowest BCUT2D eigenvalue weighted by molar-refractivity contribution is -0.130. The number of carbonyl (C=O) groups is 1. The Morgan fingerprint density at radius 1 is 1.00 bits per heavy atom. The highest BCUT2D eigenvalue weighted by atomic mass is 32.2. The van der Waals surface area contributed by atoms with E-state index in [1.165, 1.54) is 44.9 Å². The lowest BCUT2D eigenvalue weighted by Crippen LogP contribution is -2.54. The number of amides is 1. The van der Waals surface area contributed by atoms with E-state index < -0.39 is 21.9 Å². The van der Waals surface area contributed by atoms with Crippen LogP contribution in [0.2, 0.25) is 0 Å². The predicted octanol–water partition coefficient (Wildman–Crippen LogP) is 5.11. The van der Waals surface area contributed by atoms with Crippen LogP contribution < -0.4 is 5.32 Å². The molecule has 4 rings (SSSR count). The van der Waals surface area contributed by atoms with Gasteiger partial charge in [0.15, 0.2) is 0 Å². The first kappa shape index (κ1) is 28.4. The first-order chi connectivity index (χ1) is 16.7. The predicted molar refractivity (Wildman–Crippen MR) is 141 cm³/mol.